The van der Waals surface area contributed by atoms with Crippen LogP contribution in [0.1, 0.15) is 40.0 Å². The van der Waals surface area contributed by atoms with Crippen LogP contribution in [0.2, 0.25) is 0 Å². The van der Waals surface area contributed by atoms with Crippen molar-refractivity contribution in [2.45, 2.75) is 52.4 Å². The minimum Gasteiger partial charge on any atom is -0.434 e. The van der Waals surface area contributed by atoms with E-state index < -0.39 is 41.1 Å². The Balaban J connectivity index is 4.29. The molecule has 2 unspecified atom stereocenters. The van der Waals surface area contributed by atoms with Gasteiger partial charge in [0, 0.05) is 19.8 Å². The minimum absolute atomic E-state index is 0.0449. The fraction of sp³-hybridized carbons (Fsp3) is 0.800. The second-order valence-corrected chi connectivity index (χ2v) is 6.14. The van der Waals surface area contributed by atoms with Gasteiger partial charge in [0.1, 0.15) is 6.04 Å². The third kappa shape index (κ3) is 14.8. The molecule has 0 saturated carbocycles. The summed E-state index contributed by atoms with van der Waals surface area (Å²) >= 11 is 0. The van der Waals surface area contributed by atoms with E-state index in [2.05, 4.69) is 19.7 Å². The van der Waals surface area contributed by atoms with Gasteiger partial charge in [0.15, 0.2) is 0 Å². The number of esters is 1. The van der Waals surface area contributed by atoms with Crippen LogP contribution in [0.15, 0.2) is 0 Å². The van der Waals surface area contributed by atoms with Crippen molar-refractivity contribution in [3.63, 3.8) is 0 Å². The molecule has 0 rings (SSSR count). The largest absolute Gasteiger partial charge is 0.511 e. The first kappa shape index (κ1) is 27.9. The summed E-state index contributed by atoms with van der Waals surface area (Å²) in [6.07, 6.45) is -2.15. The third-order valence-corrected chi connectivity index (χ3v) is 3.25. The molecule has 0 heterocycles. The third-order valence-electron chi connectivity index (χ3n) is 3.25. The Bertz CT molecular complexity index is 517. The van der Waals surface area contributed by atoms with Gasteiger partial charge in [-0.2, -0.15) is 0 Å². The van der Waals surface area contributed by atoms with Gasteiger partial charge in [-0.3, -0.25) is 35.3 Å². The predicted molar refractivity (Wildman–Crippen MR) is 91.3 cm³/mol. The molecule has 176 valence electrons. The molecule has 0 aromatic rings. The van der Waals surface area contributed by atoms with Crippen molar-refractivity contribution in [2.24, 2.45) is 5.92 Å². The second kappa shape index (κ2) is 15.7. The molecule has 2 atom stereocenters. The maximum absolute atomic E-state index is 12.3. The number of ether oxygens (including phenoxy) is 3. The molecule has 0 fully saturated rings. The SMILES string of the molecule is CC(OC(=O)OCCCON(O)O)OC(=O)C(NC(=O)CCCON(O)O)C(C)C. The average molecular weight is 443 g/mol. The standard InChI is InChI=1S/C15H29N3O12/c1-10(2)13(16-12(19)6-4-8-27-17(22)23)14(20)29-11(3)30-15(21)26-7-5-9-28-18(24)25/h10-11,13,22-25H,4-9H2,1-3H3,(H,16,19). The van der Waals surface area contributed by atoms with E-state index >= 15 is 0 Å². The van der Waals surface area contributed by atoms with Gasteiger partial charge in [-0.05, 0) is 12.3 Å². The van der Waals surface area contributed by atoms with E-state index in [1.165, 1.54) is 6.92 Å². The zero-order chi connectivity index (χ0) is 23.1. The fourth-order valence-corrected chi connectivity index (χ4v) is 1.91. The van der Waals surface area contributed by atoms with E-state index in [1.807, 2.05) is 0 Å². The van der Waals surface area contributed by atoms with Gasteiger partial charge < -0.3 is 19.5 Å². The van der Waals surface area contributed by atoms with Crippen molar-refractivity contribution in [1.29, 1.82) is 0 Å². The Kier molecular flexibility index (Phi) is 14.6. The summed E-state index contributed by atoms with van der Waals surface area (Å²) in [5.74, 6) is -1.65. The van der Waals surface area contributed by atoms with Gasteiger partial charge in [-0.25, -0.2) is 9.59 Å². The smallest absolute Gasteiger partial charge is 0.434 e. The summed E-state index contributed by atoms with van der Waals surface area (Å²) in [4.78, 5) is 44.3. The summed E-state index contributed by atoms with van der Waals surface area (Å²) < 4.78 is 14.4. The van der Waals surface area contributed by atoms with Crippen LogP contribution >= 0.6 is 0 Å². The number of carbonyl (C=O) groups is 3. The summed E-state index contributed by atoms with van der Waals surface area (Å²) in [5, 5.41) is 34.9. The molecular formula is C15H29N3O12. The van der Waals surface area contributed by atoms with Crippen LogP contribution in [0.4, 0.5) is 4.79 Å². The van der Waals surface area contributed by atoms with E-state index in [0.717, 1.165) is 0 Å². The maximum Gasteiger partial charge on any atom is 0.511 e. The van der Waals surface area contributed by atoms with E-state index in [9.17, 15) is 14.4 Å². The normalized spacial score (nSPS) is 13.3. The van der Waals surface area contributed by atoms with Crippen LogP contribution in [-0.4, -0.2) is 81.8 Å². The molecule has 0 aromatic carbocycles. The average Bonchev–Trinajstić information content (AvgIpc) is 2.61. The van der Waals surface area contributed by atoms with Crippen molar-refractivity contribution in [1.82, 2.24) is 16.1 Å². The van der Waals surface area contributed by atoms with Crippen LogP contribution in [0.25, 0.3) is 0 Å². The van der Waals surface area contributed by atoms with Gasteiger partial charge in [0.2, 0.25) is 12.2 Å². The Morgan fingerprint density at radius 3 is 1.97 bits per heavy atom. The Labute approximate surface area is 172 Å². The summed E-state index contributed by atoms with van der Waals surface area (Å²) in [5.41, 5.74) is 0. The van der Waals surface area contributed by atoms with Crippen molar-refractivity contribution >= 4 is 18.0 Å². The predicted octanol–water partition coefficient (Wildman–Crippen LogP) is 0.364. The van der Waals surface area contributed by atoms with Crippen LogP contribution in [0, 0.1) is 5.92 Å². The second-order valence-electron chi connectivity index (χ2n) is 6.14. The number of rotatable bonds is 15. The minimum atomic E-state index is -1.29. The molecule has 15 nitrogen and oxygen atoms in total. The highest BCUT2D eigenvalue weighted by atomic mass is 17.1. The van der Waals surface area contributed by atoms with Crippen LogP contribution < -0.4 is 5.32 Å². The molecule has 15 heteroatoms. The molecule has 0 spiro atoms. The molecule has 0 aromatic heterocycles. The van der Waals surface area contributed by atoms with Crippen LogP contribution in [0.3, 0.4) is 0 Å². The molecule has 0 bridgehead atoms. The first-order valence-corrected chi connectivity index (χ1v) is 8.97. The Morgan fingerprint density at radius 2 is 1.43 bits per heavy atom. The van der Waals surface area contributed by atoms with Gasteiger partial charge in [0.25, 0.3) is 0 Å². The quantitative estimate of drug-likeness (QED) is 0.101. The topological polar surface area (TPSA) is 197 Å². The van der Waals surface area contributed by atoms with E-state index in [-0.39, 0.29) is 45.0 Å². The number of hydrogen-bond acceptors (Lipinski definition) is 14. The van der Waals surface area contributed by atoms with E-state index in [4.69, 9.17) is 30.3 Å². The van der Waals surface area contributed by atoms with Gasteiger partial charge in [-0.15, -0.1) is 0 Å². The van der Waals surface area contributed by atoms with E-state index in [1.54, 1.807) is 13.8 Å². The number of hydrogen-bond donors (Lipinski definition) is 5. The fourth-order valence-electron chi connectivity index (χ4n) is 1.91. The lowest BCUT2D eigenvalue weighted by molar-refractivity contribution is -0.492. The first-order chi connectivity index (χ1) is 14.0. The lowest BCUT2D eigenvalue weighted by Crippen LogP contribution is -2.46. The molecule has 5 N–H and O–H groups in total. The number of amides is 1. The lowest BCUT2D eigenvalue weighted by atomic mass is 10.0. The first-order valence-electron chi connectivity index (χ1n) is 8.97. The summed E-state index contributed by atoms with van der Waals surface area (Å²) in [7, 11) is 0. The van der Waals surface area contributed by atoms with Crippen LogP contribution in [0.5, 0.6) is 0 Å². The molecule has 0 radical (unpaired) electrons. The van der Waals surface area contributed by atoms with E-state index in [0.29, 0.717) is 0 Å². The maximum atomic E-state index is 12.3. The summed E-state index contributed by atoms with van der Waals surface area (Å²) in [6, 6.07) is -1.01. The molecule has 0 aliphatic heterocycles. The highest BCUT2D eigenvalue weighted by Crippen LogP contribution is 2.08. The zero-order valence-electron chi connectivity index (χ0n) is 16.9. The molecule has 0 saturated heterocycles. The van der Waals surface area contributed by atoms with Gasteiger partial charge >= 0.3 is 12.1 Å². The van der Waals surface area contributed by atoms with Gasteiger partial charge in [-0.1, -0.05) is 13.8 Å². The Hall–Kier alpha value is -2.11. The monoisotopic (exact) mass is 443 g/mol. The molecule has 0 aliphatic rings. The molecule has 30 heavy (non-hydrogen) atoms. The van der Waals surface area contributed by atoms with Crippen LogP contribution in [-0.2, 0) is 33.5 Å². The highest BCUT2D eigenvalue weighted by molar-refractivity contribution is 5.84. The van der Waals surface area contributed by atoms with Gasteiger partial charge in [0.05, 0.1) is 30.6 Å². The summed E-state index contributed by atoms with van der Waals surface area (Å²) in [6.45, 7) is 4.22. The van der Waals surface area contributed by atoms with Crippen molar-refractivity contribution < 1.29 is 59.1 Å². The lowest BCUT2D eigenvalue weighted by Gasteiger charge is -2.23. The Morgan fingerprint density at radius 1 is 0.867 bits per heavy atom. The molecule has 1 amide bonds. The van der Waals surface area contributed by atoms with Crippen molar-refractivity contribution in [3.05, 3.63) is 0 Å². The highest BCUT2D eigenvalue weighted by Gasteiger charge is 2.28. The molecular weight excluding hydrogens is 414 g/mol. The number of carbonyl (C=O) groups excluding carboxylic acids is 3. The van der Waals surface area contributed by atoms with Crippen molar-refractivity contribution in [2.75, 3.05) is 19.8 Å². The number of nitrogens with one attached hydrogen (secondary N) is 1. The zero-order valence-corrected chi connectivity index (χ0v) is 16.9. The van der Waals surface area contributed by atoms with Crippen molar-refractivity contribution in [3.8, 4) is 0 Å². The number of nitrogens with zero attached hydrogens (tertiary/aromatic N) is 2. The molecule has 0 aliphatic carbocycles.